The van der Waals surface area contributed by atoms with Crippen LogP contribution in [-0.4, -0.2) is 28.1 Å². The summed E-state index contributed by atoms with van der Waals surface area (Å²) in [6.07, 6.45) is 0. The Kier molecular flexibility index (Phi) is 5.11. The number of carboxylic acids is 2. The average Bonchev–Trinajstić information content (AvgIpc) is 3.18. The third-order valence-electron chi connectivity index (χ3n) is 4.43. The quantitative estimate of drug-likeness (QED) is 0.408. The summed E-state index contributed by atoms with van der Waals surface area (Å²) in [6.45, 7) is 0. The van der Waals surface area contributed by atoms with Crippen molar-refractivity contribution in [2.24, 2.45) is 0 Å². The van der Waals surface area contributed by atoms with Crippen molar-refractivity contribution in [1.82, 2.24) is 0 Å². The van der Waals surface area contributed by atoms with Crippen molar-refractivity contribution in [2.45, 2.75) is 0 Å². The van der Waals surface area contributed by atoms with E-state index in [1.165, 1.54) is 6.07 Å². The number of furan rings is 1. The summed E-state index contributed by atoms with van der Waals surface area (Å²) < 4.78 is 11.2. The number of anilines is 1. The first kappa shape index (κ1) is 19.7. The molecule has 31 heavy (non-hydrogen) atoms. The highest BCUT2D eigenvalue weighted by molar-refractivity contribution is 6.04. The van der Waals surface area contributed by atoms with Gasteiger partial charge in [0.1, 0.15) is 17.1 Å². The van der Waals surface area contributed by atoms with Crippen LogP contribution in [0.4, 0.5) is 5.69 Å². The second-order valence-electron chi connectivity index (χ2n) is 6.55. The van der Waals surface area contributed by atoms with Gasteiger partial charge in [0, 0.05) is 17.1 Å². The predicted molar refractivity (Wildman–Crippen MR) is 111 cm³/mol. The normalized spacial score (nSPS) is 10.6. The zero-order chi connectivity index (χ0) is 22.0. The van der Waals surface area contributed by atoms with E-state index in [9.17, 15) is 19.5 Å². The second-order valence-corrected chi connectivity index (χ2v) is 6.55. The fourth-order valence-electron chi connectivity index (χ4n) is 3.01. The Morgan fingerprint density at radius 1 is 0.774 bits per heavy atom. The Bertz CT molecular complexity index is 1290. The second kappa shape index (κ2) is 8.03. The SMILES string of the molecule is O=C(Nc1cccc(Oc2ccc(C(=O)O)c(C(=O)O)c2)c1)c1cc2ccccc2o1. The van der Waals surface area contributed by atoms with Gasteiger partial charge in [-0.25, -0.2) is 9.59 Å². The Morgan fingerprint density at radius 3 is 2.26 bits per heavy atom. The molecule has 0 aliphatic rings. The lowest BCUT2D eigenvalue weighted by molar-refractivity contribution is 0.0651. The molecule has 8 nitrogen and oxygen atoms in total. The Balaban J connectivity index is 1.53. The molecule has 0 aliphatic heterocycles. The number of carbonyl (C=O) groups excluding carboxylic acids is 1. The van der Waals surface area contributed by atoms with Gasteiger partial charge in [0.2, 0.25) is 0 Å². The molecule has 4 rings (SSSR count). The maximum atomic E-state index is 12.5. The van der Waals surface area contributed by atoms with Crippen LogP contribution in [0.5, 0.6) is 11.5 Å². The topological polar surface area (TPSA) is 126 Å². The van der Waals surface area contributed by atoms with E-state index in [0.29, 0.717) is 17.0 Å². The fourth-order valence-corrected chi connectivity index (χ4v) is 3.01. The highest BCUT2D eigenvalue weighted by Gasteiger charge is 2.17. The first-order valence-electron chi connectivity index (χ1n) is 9.09. The van der Waals surface area contributed by atoms with E-state index in [0.717, 1.165) is 17.5 Å². The largest absolute Gasteiger partial charge is 0.478 e. The lowest BCUT2D eigenvalue weighted by Crippen LogP contribution is -2.10. The molecule has 0 spiro atoms. The molecule has 1 heterocycles. The molecule has 0 saturated heterocycles. The zero-order valence-corrected chi connectivity index (χ0v) is 15.9. The van der Waals surface area contributed by atoms with Gasteiger partial charge in [0.25, 0.3) is 5.91 Å². The van der Waals surface area contributed by atoms with Gasteiger partial charge in [-0.05, 0) is 42.5 Å². The molecule has 4 aromatic rings. The summed E-state index contributed by atoms with van der Waals surface area (Å²) in [5.74, 6) is -2.55. The number of carboxylic acid groups (broad SMARTS) is 2. The molecular weight excluding hydrogens is 402 g/mol. The van der Waals surface area contributed by atoms with Crippen LogP contribution in [0.15, 0.2) is 77.2 Å². The molecule has 8 heteroatoms. The summed E-state index contributed by atoms with van der Waals surface area (Å²) in [5, 5.41) is 21.9. The molecule has 0 radical (unpaired) electrons. The molecule has 0 bridgehead atoms. The Morgan fingerprint density at radius 2 is 1.52 bits per heavy atom. The molecule has 0 saturated carbocycles. The number of fused-ring (bicyclic) bond motifs is 1. The van der Waals surface area contributed by atoms with Gasteiger partial charge >= 0.3 is 11.9 Å². The Hall–Kier alpha value is -4.59. The van der Waals surface area contributed by atoms with Crippen LogP contribution in [-0.2, 0) is 0 Å². The summed E-state index contributed by atoms with van der Waals surface area (Å²) >= 11 is 0. The first-order chi connectivity index (χ1) is 14.9. The fraction of sp³-hybridized carbons (Fsp3) is 0. The lowest BCUT2D eigenvalue weighted by Gasteiger charge is -2.10. The average molecular weight is 417 g/mol. The van der Waals surface area contributed by atoms with Crippen LogP contribution in [0.3, 0.4) is 0 Å². The van der Waals surface area contributed by atoms with E-state index < -0.39 is 17.8 Å². The van der Waals surface area contributed by atoms with E-state index in [4.69, 9.17) is 14.3 Å². The molecular formula is C23H15NO7. The minimum atomic E-state index is -1.38. The van der Waals surface area contributed by atoms with Crippen molar-refractivity contribution in [2.75, 3.05) is 5.32 Å². The van der Waals surface area contributed by atoms with Gasteiger partial charge in [-0.1, -0.05) is 24.3 Å². The number of rotatable bonds is 6. The highest BCUT2D eigenvalue weighted by Crippen LogP contribution is 2.27. The summed E-state index contributed by atoms with van der Waals surface area (Å²) in [5.41, 5.74) is 0.304. The van der Waals surface area contributed by atoms with Crippen LogP contribution in [0, 0.1) is 0 Å². The molecule has 1 aromatic heterocycles. The lowest BCUT2D eigenvalue weighted by atomic mass is 10.1. The minimum Gasteiger partial charge on any atom is -0.478 e. The molecule has 1 amide bonds. The van der Waals surface area contributed by atoms with E-state index >= 15 is 0 Å². The van der Waals surface area contributed by atoms with E-state index in [2.05, 4.69) is 5.32 Å². The molecule has 3 aromatic carbocycles. The van der Waals surface area contributed by atoms with Crippen LogP contribution in [0.25, 0.3) is 11.0 Å². The summed E-state index contributed by atoms with van der Waals surface area (Å²) in [4.78, 5) is 35.0. The number of para-hydroxylation sites is 1. The van der Waals surface area contributed by atoms with Crippen molar-refractivity contribution < 1.29 is 33.8 Å². The minimum absolute atomic E-state index is 0.142. The van der Waals surface area contributed by atoms with E-state index in [-0.39, 0.29) is 22.6 Å². The van der Waals surface area contributed by atoms with Gasteiger partial charge in [0.15, 0.2) is 5.76 Å². The number of hydrogen-bond acceptors (Lipinski definition) is 5. The van der Waals surface area contributed by atoms with Gasteiger partial charge in [-0.2, -0.15) is 0 Å². The number of hydrogen-bond donors (Lipinski definition) is 3. The summed E-state index contributed by atoms with van der Waals surface area (Å²) in [6, 6.07) is 19.0. The van der Waals surface area contributed by atoms with Crippen LogP contribution >= 0.6 is 0 Å². The predicted octanol–water partition coefficient (Wildman–Crippen LogP) is 4.87. The third-order valence-corrected chi connectivity index (χ3v) is 4.43. The number of nitrogens with one attached hydrogen (secondary N) is 1. The van der Waals surface area contributed by atoms with Crippen LogP contribution < -0.4 is 10.1 Å². The number of ether oxygens (including phenoxy) is 1. The summed E-state index contributed by atoms with van der Waals surface area (Å²) in [7, 11) is 0. The van der Waals surface area contributed by atoms with Crippen molar-refractivity contribution in [3.63, 3.8) is 0 Å². The monoisotopic (exact) mass is 417 g/mol. The molecule has 0 atom stereocenters. The molecule has 0 unspecified atom stereocenters. The van der Waals surface area contributed by atoms with Gasteiger partial charge in [-0.15, -0.1) is 0 Å². The van der Waals surface area contributed by atoms with Crippen LogP contribution in [0.1, 0.15) is 31.3 Å². The number of benzene rings is 3. The van der Waals surface area contributed by atoms with Gasteiger partial charge in [0.05, 0.1) is 11.1 Å². The molecule has 154 valence electrons. The van der Waals surface area contributed by atoms with E-state index in [1.54, 1.807) is 36.4 Å². The molecule has 3 N–H and O–H groups in total. The smallest absolute Gasteiger partial charge is 0.336 e. The number of carbonyl (C=O) groups is 3. The third kappa shape index (κ3) is 4.23. The Labute approximate surface area is 175 Å². The standard InChI is InChI=1S/C23H15NO7/c25-21(20-10-13-4-1-2-7-19(13)31-20)24-14-5-3-6-15(11-14)30-16-8-9-17(22(26)27)18(12-16)23(28)29/h1-12H,(H,24,25)(H,26,27)(H,28,29). The maximum Gasteiger partial charge on any atom is 0.336 e. The van der Waals surface area contributed by atoms with Gasteiger partial charge in [-0.3, -0.25) is 4.79 Å². The van der Waals surface area contributed by atoms with Gasteiger partial charge < -0.3 is 24.7 Å². The molecule has 0 aliphatic carbocycles. The zero-order valence-electron chi connectivity index (χ0n) is 15.9. The molecule has 0 fully saturated rings. The maximum absolute atomic E-state index is 12.5. The first-order valence-corrected chi connectivity index (χ1v) is 9.09. The number of aromatic carboxylic acids is 2. The van der Waals surface area contributed by atoms with Crippen molar-refractivity contribution in [1.29, 1.82) is 0 Å². The van der Waals surface area contributed by atoms with Crippen molar-refractivity contribution in [3.05, 3.63) is 89.7 Å². The number of amides is 1. The van der Waals surface area contributed by atoms with Crippen LogP contribution in [0.2, 0.25) is 0 Å². The van der Waals surface area contributed by atoms with E-state index in [1.807, 2.05) is 18.2 Å². The van der Waals surface area contributed by atoms with Crippen molar-refractivity contribution in [3.8, 4) is 11.5 Å². The highest BCUT2D eigenvalue weighted by atomic mass is 16.5. The van der Waals surface area contributed by atoms with Crippen molar-refractivity contribution >= 4 is 34.5 Å².